The number of allylic oxidation sites excluding steroid dienone is 12. The average molecular weight is 808 g/mol. The first-order valence-electron chi connectivity index (χ1n) is 21.4. The highest BCUT2D eigenvalue weighted by molar-refractivity contribution is 7.47. The van der Waals surface area contributed by atoms with E-state index >= 15 is 0 Å². The van der Waals surface area contributed by atoms with Crippen LogP contribution in [0.2, 0.25) is 0 Å². The molecule has 0 amide bonds. The van der Waals surface area contributed by atoms with Crippen molar-refractivity contribution in [2.45, 2.75) is 174 Å². The van der Waals surface area contributed by atoms with E-state index in [1.165, 1.54) is 44.9 Å². The molecule has 3 atom stereocenters. The van der Waals surface area contributed by atoms with Gasteiger partial charge in [-0.2, -0.15) is 0 Å². The summed E-state index contributed by atoms with van der Waals surface area (Å²) in [5.41, 5.74) is 5.34. The molecule has 0 aliphatic heterocycles. The van der Waals surface area contributed by atoms with Crippen molar-refractivity contribution in [1.82, 2.24) is 0 Å². The second-order valence-electron chi connectivity index (χ2n) is 14.1. The molecular formula is C45H78NO9P. The summed E-state index contributed by atoms with van der Waals surface area (Å²) in [5.74, 6) is -0.926. The zero-order valence-electron chi connectivity index (χ0n) is 35.0. The van der Waals surface area contributed by atoms with Gasteiger partial charge >= 0.3 is 19.8 Å². The first-order valence-corrected chi connectivity index (χ1v) is 22.9. The van der Waals surface area contributed by atoms with Crippen molar-refractivity contribution >= 4 is 19.8 Å². The van der Waals surface area contributed by atoms with Crippen LogP contribution in [0.25, 0.3) is 0 Å². The lowest BCUT2D eigenvalue weighted by Crippen LogP contribution is -2.29. The van der Waals surface area contributed by atoms with Gasteiger partial charge in [0.25, 0.3) is 0 Å². The molecule has 0 aliphatic rings. The smallest absolute Gasteiger partial charge is 0.462 e. The Morgan fingerprint density at radius 3 is 1.61 bits per heavy atom. The minimum absolute atomic E-state index is 0.0347. The number of unbranched alkanes of at least 4 members (excludes halogenated alkanes) is 12. The Hall–Kier alpha value is -2.59. The SMILES string of the molecule is CCCCC/C=C\C/C=C\CCCCCCCCCC(=O)OC[C@H](COP(=O)(O)OCCN)OC(=O)CCC/C=C\C/C=C\C/C=C\C/C=C\CCC[C@H](C)O. The Morgan fingerprint density at radius 1 is 0.607 bits per heavy atom. The number of nitrogens with two attached hydrogens (primary N) is 1. The average Bonchev–Trinajstić information content (AvgIpc) is 3.17. The number of aliphatic hydroxyl groups excluding tert-OH is 1. The minimum Gasteiger partial charge on any atom is -0.462 e. The monoisotopic (exact) mass is 808 g/mol. The fourth-order valence-corrected chi connectivity index (χ4v) is 6.15. The lowest BCUT2D eigenvalue weighted by molar-refractivity contribution is -0.161. The summed E-state index contributed by atoms with van der Waals surface area (Å²) in [5, 5.41) is 9.27. The van der Waals surface area contributed by atoms with Crippen molar-refractivity contribution in [2.75, 3.05) is 26.4 Å². The third-order valence-electron chi connectivity index (χ3n) is 8.58. The standard InChI is InChI=1S/C45H78NO9P/c1-3-4-5-6-7-8-9-10-11-12-15-18-21-24-27-30-33-36-44(48)52-40-43(41-54-56(50,51)53-39-38-46)55-45(49)37-34-31-28-25-22-19-16-13-14-17-20-23-26-29-32-35-42(2)47/h7-8,10-11,14,16-17,19,23,25-26,28,42-43,47H,3-6,9,12-13,15,18,20-22,24,27,29-41,46H2,1-2H3,(H,50,51)/b8-7-,11-10-,17-14-,19-16-,26-23-,28-25-/t42-,43+/m0/s1. The molecule has 0 aromatic rings. The van der Waals surface area contributed by atoms with Crippen LogP contribution < -0.4 is 5.73 Å². The van der Waals surface area contributed by atoms with E-state index in [9.17, 15) is 24.2 Å². The fraction of sp³-hybridized carbons (Fsp3) is 0.689. The molecule has 4 N–H and O–H groups in total. The number of phosphoric acid groups is 1. The van der Waals surface area contributed by atoms with E-state index < -0.39 is 32.5 Å². The number of ether oxygens (including phenoxy) is 2. The number of carbonyl (C=O) groups is 2. The minimum atomic E-state index is -4.40. The van der Waals surface area contributed by atoms with Gasteiger partial charge < -0.3 is 25.2 Å². The second-order valence-corrected chi connectivity index (χ2v) is 15.6. The van der Waals surface area contributed by atoms with Gasteiger partial charge in [-0.25, -0.2) is 4.57 Å². The molecule has 0 spiro atoms. The number of hydrogen-bond donors (Lipinski definition) is 3. The Balaban J connectivity index is 4.28. The number of esters is 2. The Bertz CT molecular complexity index is 1160. The molecule has 0 saturated heterocycles. The van der Waals surface area contributed by atoms with Crippen molar-refractivity contribution in [1.29, 1.82) is 0 Å². The Labute approximate surface area is 340 Å². The number of carbonyl (C=O) groups excluding carboxylic acids is 2. The third-order valence-corrected chi connectivity index (χ3v) is 9.57. The normalized spacial score (nSPS) is 14.6. The molecule has 0 aliphatic carbocycles. The molecule has 0 saturated carbocycles. The van der Waals surface area contributed by atoms with Gasteiger partial charge in [0.05, 0.1) is 19.3 Å². The molecule has 0 fully saturated rings. The molecular weight excluding hydrogens is 729 g/mol. The first-order chi connectivity index (χ1) is 27.2. The van der Waals surface area contributed by atoms with Crippen molar-refractivity contribution < 1.29 is 42.7 Å². The molecule has 322 valence electrons. The van der Waals surface area contributed by atoms with E-state index in [0.717, 1.165) is 70.6 Å². The fourth-order valence-electron chi connectivity index (χ4n) is 5.38. The maximum absolute atomic E-state index is 12.6. The summed E-state index contributed by atoms with van der Waals surface area (Å²) in [6.45, 7) is 3.16. The number of hydrogen-bond acceptors (Lipinski definition) is 9. The summed E-state index contributed by atoms with van der Waals surface area (Å²) >= 11 is 0. The van der Waals surface area contributed by atoms with E-state index in [-0.39, 0.29) is 38.7 Å². The summed E-state index contributed by atoms with van der Waals surface area (Å²) in [4.78, 5) is 34.8. The Morgan fingerprint density at radius 2 is 1.07 bits per heavy atom. The largest absolute Gasteiger partial charge is 0.472 e. The van der Waals surface area contributed by atoms with Crippen molar-refractivity contribution in [3.63, 3.8) is 0 Å². The number of aliphatic hydroxyl groups is 1. The molecule has 0 rings (SSSR count). The molecule has 0 aromatic carbocycles. The van der Waals surface area contributed by atoms with E-state index in [0.29, 0.717) is 19.3 Å². The highest BCUT2D eigenvalue weighted by Crippen LogP contribution is 2.43. The number of rotatable bonds is 39. The van der Waals surface area contributed by atoms with Crippen molar-refractivity contribution in [2.24, 2.45) is 5.73 Å². The molecule has 1 unspecified atom stereocenters. The lowest BCUT2D eigenvalue weighted by Gasteiger charge is -2.19. The van der Waals surface area contributed by atoms with Gasteiger partial charge in [0.1, 0.15) is 6.61 Å². The summed E-state index contributed by atoms with van der Waals surface area (Å²) in [6.07, 6.45) is 46.4. The first kappa shape index (κ1) is 53.4. The van der Waals surface area contributed by atoms with Crippen molar-refractivity contribution in [3.8, 4) is 0 Å². The zero-order chi connectivity index (χ0) is 41.2. The van der Waals surface area contributed by atoms with Crippen LogP contribution in [-0.4, -0.2) is 60.5 Å². The van der Waals surface area contributed by atoms with Crippen molar-refractivity contribution in [3.05, 3.63) is 72.9 Å². The summed E-state index contributed by atoms with van der Waals surface area (Å²) < 4.78 is 32.7. The van der Waals surface area contributed by atoms with Gasteiger partial charge in [-0.1, -0.05) is 125 Å². The van der Waals surface area contributed by atoms with Crippen LogP contribution in [0.1, 0.15) is 162 Å². The summed E-state index contributed by atoms with van der Waals surface area (Å²) in [6, 6.07) is 0. The topological polar surface area (TPSA) is 155 Å². The predicted molar refractivity (Wildman–Crippen MR) is 230 cm³/mol. The highest BCUT2D eigenvalue weighted by Gasteiger charge is 2.25. The van der Waals surface area contributed by atoms with Crippen LogP contribution in [-0.2, 0) is 32.7 Å². The van der Waals surface area contributed by atoms with E-state index in [2.05, 4.69) is 67.7 Å². The van der Waals surface area contributed by atoms with Gasteiger partial charge in [-0.3, -0.25) is 18.6 Å². The van der Waals surface area contributed by atoms with E-state index in [4.69, 9.17) is 24.3 Å². The second kappa shape index (κ2) is 40.6. The van der Waals surface area contributed by atoms with Crippen LogP contribution in [0.15, 0.2) is 72.9 Å². The zero-order valence-corrected chi connectivity index (χ0v) is 35.8. The molecule has 56 heavy (non-hydrogen) atoms. The van der Waals surface area contributed by atoms with Gasteiger partial charge in [-0.05, 0) is 96.8 Å². The van der Waals surface area contributed by atoms with Crippen LogP contribution in [0, 0.1) is 0 Å². The molecule has 11 heteroatoms. The number of phosphoric ester groups is 1. The molecule has 0 aromatic heterocycles. The molecule has 0 bridgehead atoms. The molecule has 10 nitrogen and oxygen atoms in total. The molecule has 0 heterocycles. The maximum atomic E-state index is 12.6. The molecule has 0 radical (unpaired) electrons. The van der Waals surface area contributed by atoms with Gasteiger partial charge in [0.2, 0.25) is 0 Å². The van der Waals surface area contributed by atoms with E-state index in [1.807, 2.05) is 19.1 Å². The van der Waals surface area contributed by atoms with Crippen LogP contribution in [0.5, 0.6) is 0 Å². The van der Waals surface area contributed by atoms with E-state index in [1.54, 1.807) is 0 Å². The third kappa shape index (κ3) is 41.1. The van der Waals surface area contributed by atoms with Crippen LogP contribution in [0.4, 0.5) is 0 Å². The lowest BCUT2D eigenvalue weighted by atomic mass is 10.1. The van der Waals surface area contributed by atoms with Crippen LogP contribution >= 0.6 is 7.82 Å². The quantitative estimate of drug-likeness (QED) is 0.0236. The Kier molecular flexibility index (Phi) is 38.7. The van der Waals surface area contributed by atoms with Gasteiger partial charge in [0, 0.05) is 19.4 Å². The summed E-state index contributed by atoms with van der Waals surface area (Å²) in [7, 11) is -4.40. The predicted octanol–water partition coefficient (Wildman–Crippen LogP) is 11.2. The maximum Gasteiger partial charge on any atom is 0.472 e. The van der Waals surface area contributed by atoms with Gasteiger partial charge in [-0.15, -0.1) is 0 Å². The van der Waals surface area contributed by atoms with Crippen LogP contribution in [0.3, 0.4) is 0 Å². The van der Waals surface area contributed by atoms with Gasteiger partial charge in [0.15, 0.2) is 6.10 Å². The highest BCUT2D eigenvalue weighted by atomic mass is 31.2.